The van der Waals surface area contributed by atoms with Crippen molar-refractivity contribution in [3.05, 3.63) is 46.3 Å². The van der Waals surface area contributed by atoms with Crippen LogP contribution in [-0.4, -0.2) is 33.1 Å². The van der Waals surface area contributed by atoms with E-state index in [1.165, 1.54) is 10.7 Å². The van der Waals surface area contributed by atoms with Crippen molar-refractivity contribution in [3.63, 3.8) is 0 Å². The van der Waals surface area contributed by atoms with Crippen molar-refractivity contribution in [2.75, 3.05) is 4.90 Å². The molecule has 2 aromatic rings. The number of benzene rings is 1. The van der Waals surface area contributed by atoms with Gasteiger partial charge in [-0.25, -0.2) is 0 Å². The van der Waals surface area contributed by atoms with Gasteiger partial charge >= 0.3 is 12.4 Å². The number of rotatable bonds is 8. The molecule has 0 bridgehead atoms. The Morgan fingerprint density at radius 1 is 1.05 bits per heavy atom. The second-order valence-corrected chi connectivity index (χ2v) is 10.1. The van der Waals surface area contributed by atoms with Crippen LogP contribution in [0.25, 0.3) is 0 Å². The normalized spacial score (nSPS) is 14.0. The molecule has 1 heterocycles. The minimum absolute atomic E-state index is 0.00241. The van der Waals surface area contributed by atoms with E-state index >= 15 is 0 Å². The van der Waals surface area contributed by atoms with E-state index in [0.29, 0.717) is 17.0 Å². The standard InChI is InChI=1S/C26H35F6N3O2/c1-9-24(25(27,28)29,26(30,31)32)20-11-10-19(13-18(20)12-14(2)3)35(22(36)15(4)5)23(37)21-16(6)33-34(8)17(21)7/h10-11,13-15,23,37H,9,12H2,1-8H3. The predicted octanol–water partition coefficient (Wildman–Crippen LogP) is 6.69. The zero-order valence-electron chi connectivity index (χ0n) is 22.3. The fourth-order valence-electron chi connectivity index (χ4n) is 4.77. The Hall–Kier alpha value is -2.56. The fourth-order valence-corrected chi connectivity index (χ4v) is 4.77. The van der Waals surface area contributed by atoms with Crippen molar-refractivity contribution in [1.82, 2.24) is 9.78 Å². The number of aliphatic hydroxyl groups is 1. The summed E-state index contributed by atoms with van der Waals surface area (Å²) >= 11 is 0. The van der Waals surface area contributed by atoms with E-state index in [1.807, 2.05) is 0 Å². The second-order valence-electron chi connectivity index (χ2n) is 10.1. The van der Waals surface area contributed by atoms with Crippen LogP contribution >= 0.6 is 0 Å². The number of alkyl halides is 6. The molecule has 208 valence electrons. The van der Waals surface area contributed by atoms with Crippen molar-refractivity contribution in [2.24, 2.45) is 18.9 Å². The molecular weight excluding hydrogens is 500 g/mol. The summed E-state index contributed by atoms with van der Waals surface area (Å²) in [5.41, 5.74) is -3.82. The summed E-state index contributed by atoms with van der Waals surface area (Å²) in [5, 5.41) is 15.6. The average molecular weight is 536 g/mol. The average Bonchev–Trinajstić information content (AvgIpc) is 2.98. The number of hydrogen-bond donors (Lipinski definition) is 1. The molecule has 37 heavy (non-hydrogen) atoms. The number of aromatic nitrogens is 2. The van der Waals surface area contributed by atoms with Crippen LogP contribution in [0.4, 0.5) is 32.0 Å². The zero-order chi connectivity index (χ0) is 28.7. The third-order valence-electron chi connectivity index (χ3n) is 6.75. The number of aryl methyl sites for hydroxylation is 2. The van der Waals surface area contributed by atoms with E-state index in [2.05, 4.69) is 5.10 Å². The van der Waals surface area contributed by atoms with Gasteiger partial charge in [0.05, 0.1) is 5.69 Å². The Morgan fingerprint density at radius 2 is 1.59 bits per heavy atom. The Kier molecular flexibility index (Phi) is 8.84. The molecule has 0 aliphatic carbocycles. The van der Waals surface area contributed by atoms with E-state index in [1.54, 1.807) is 48.6 Å². The highest BCUT2D eigenvalue weighted by atomic mass is 19.4. The smallest absolute Gasteiger partial charge is 0.369 e. The van der Waals surface area contributed by atoms with Crippen molar-refractivity contribution in [1.29, 1.82) is 0 Å². The first kappa shape index (κ1) is 30.7. The highest BCUT2D eigenvalue weighted by molar-refractivity contribution is 5.95. The summed E-state index contributed by atoms with van der Waals surface area (Å²) in [4.78, 5) is 14.3. The van der Waals surface area contributed by atoms with Gasteiger partial charge in [0.2, 0.25) is 5.91 Å². The van der Waals surface area contributed by atoms with E-state index in [-0.39, 0.29) is 23.6 Å². The van der Waals surface area contributed by atoms with Crippen LogP contribution in [-0.2, 0) is 23.7 Å². The zero-order valence-corrected chi connectivity index (χ0v) is 22.3. The Bertz CT molecular complexity index is 1100. The first-order valence-corrected chi connectivity index (χ1v) is 12.1. The number of carbonyl (C=O) groups excluding carboxylic acids is 1. The number of anilines is 1. The van der Waals surface area contributed by atoms with E-state index in [0.717, 1.165) is 24.0 Å². The molecule has 0 aliphatic heterocycles. The van der Waals surface area contributed by atoms with Crippen molar-refractivity contribution < 1.29 is 36.2 Å². The second kappa shape index (κ2) is 10.7. The Balaban J connectivity index is 2.88. The van der Waals surface area contributed by atoms with Gasteiger partial charge in [0.15, 0.2) is 11.6 Å². The van der Waals surface area contributed by atoms with E-state index in [4.69, 9.17) is 0 Å². The Morgan fingerprint density at radius 3 is 1.97 bits per heavy atom. The maximum absolute atomic E-state index is 14.2. The highest BCUT2D eigenvalue weighted by Gasteiger charge is 2.70. The minimum atomic E-state index is -5.61. The lowest BCUT2D eigenvalue weighted by atomic mass is 9.73. The van der Waals surface area contributed by atoms with Gasteiger partial charge in [0.25, 0.3) is 0 Å². The number of aliphatic hydroxyl groups excluding tert-OH is 1. The SMILES string of the molecule is CCC(c1ccc(N(C(=O)C(C)C)C(O)c2c(C)nn(C)c2C)cc1CC(C)C)(C(F)(F)F)C(F)(F)F. The van der Waals surface area contributed by atoms with Gasteiger partial charge in [-0.1, -0.05) is 40.7 Å². The lowest BCUT2D eigenvalue weighted by Crippen LogP contribution is -2.54. The van der Waals surface area contributed by atoms with E-state index in [9.17, 15) is 36.2 Å². The van der Waals surface area contributed by atoms with E-state index < -0.39 is 47.8 Å². The lowest BCUT2D eigenvalue weighted by Gasteiger charge is -2.39. The highest BCUT2D eigenvalue weighted by Crippen LogP contribution is 2.55. The minimum Gasteiger partial charge on any atom is -0.369 e. The summed E-state index contributed by atoms with van der Waals surface area (Å²) in [5.74, 6) is -1.46. The predicted molar refractivity (Wildman–Crippen MR) is 129 cm³/mol. The molecule has 0 saturated carbocycles. The molecule has 2 rings (SSSR count). The van der Waals surface area contributed by atoms with Crippen LogP contribution < -0.4 is 4.90 Å². The molecule has 1 N–H and O–H groups in total. The molecule has 11 heteroatoms. The molecule has 1 unspecified atom stereocenters. The monoisotopic (exact) mass is 535 g/mol. The van der Waals surface area contributed by atoms with Crippen LogP contribution in [0.3, 0.4) is 0 Å². The largest absolute Gasteiger partial charge is 0.407 e. The molecule has 1 amide bonds. The summed E-state index contributed by atoms with van der Waals surface area (Å²) in [6.07, 6.45) is -14.1. The van der Waals surface area contributed by atoms with Crippen LogP contribution in [0, 0.1) is 25.7 Å². The molecule has 0 aliphatic rings. The van der Waals surface area contributed by atoms with Crippen LogP contribution in [0.1, 0.15) is 75.3 Å². The summed E-state index contributed by atoms with van der Waals surface area (Å²) in [7, 11) is 1.65. The first-order valence-electron chi connectivity index (χ1n) is 12.1. The fraction of sp³-hybridized carbons (Fsp3) is 0.615. The number of nitrogens with zero attached hydrogens (tertiary/aromatic N) is 3. The van der Waals surface area contributed by atoms with Crippen molar-refractivity contribution >= 4 is 11.6 Å². The quantitative estimate of drug-likeness (QED) is 0.303. The topological polar surface area (TPSA) is 58.4 Å². The summed E-state index contributed by atoms with van der Waals surface area (Å²) < 4.78 is 86.6. The van der Waals surface area contributed by atoms with Crippen LogP contribution in [0.15, 0.2) is 18.2 Å². The van der Waals surface area contributed by atoms with Gasteiger partial charge < -0.3 is 5.11 Å². The molecule has 0 fully saturated rings. The molecule has 0 spiro atoms. The molecule has 1 atom stereocenters. The van der Waals surface area contributed by atoms with Gasteiger partial charge in [0, 0.05) is 29.9 Å². The van der Waals surface area contributed by atoms with Crippen molar-refractivity contribution in [3.8, 4) is 0 Å². The van der Waals surface area contributed by atoms with Crippen LogP contribution in [0.2, 0.25) is 0 Å². The molecule has 5 nitrogen and oxygen atoms in total. The maximum Gasteiger partial charge on any atom is 0.407 e. The molecule has 1 aromatic carbocycles. The maximum atomic E-state index is 14.2. The third-order valence-corrected chi connectivity index (χ3v) is 6.75. The lowest BCUT2D eigenvalue weighted by molar-refractivity contribution is -0.304. The molecular formula is C26H35F6N3O2. The number of amides is 1. The van der Waals surface area contributed by atoms with Crippen molar-refractivity contribution in [2.45, 2.75) is 85.3 Å². The Labute approximate surface area is 213 Å². The van der Waals surface area contributed by atoms with Gasteiger partial charge in [-0.05, 0) is 55.9 Å². The summed E-state index contributed by atoms with van der Waals surface area (Å²) in [6, 6.07) is 3.02. The molecule has 0 radical (unpaired) electrons. The third kappa shape index (κ3) is 5.51. The van der Waals surface area contributed by atoms with Crippen LogP contribution in [0.5, 0.6) is 0 Å². The van der Waals surface area contributed by atoms with Gasteiger partial charge in [-0.3, -0.25) is 14.4 Å². The number of carbonyl (C=O) groups is 1. The molecule has 0 saturated heterocycles. The summed E-state index contributed by atoms with van der Waals surface area (Å²) in [6.45, 7) is 10.7. The van der Waals surface area contributed by atoms with Gasteiger partial charge in [-0.2, -0.15) is 31.4 Å². The van der Waals surface area contributed by atoms with Gasteiger partial charge in [0.1, 0.15) is 0 Å². The number of halogens is 6. The first-order chi connectivity index (χ1) is 16.8. The molecule has 1 aromatic heterocycles. The number of hydrogen-bond acceptors (Lipinski definition) is 3. The van der Waals surface area contributed by atoms with Gasteiger partial charge in [-0.15, -0.1) is 0 Å².